The molecule has 5 nitrogen and oxygen atoms in total. The number of hydrogen-bond acceptors (Lipinski definition) is 4. The van der Waals surface area contributed by atoms with Crippen molar-refractivity contribution in [3.05, 3.63) is 33.8 Å². The summed E-state index contributed by atoms with van der Waals surface area (Å²) in [6.07, 6.45) is 0.559. The van der Waals surface area contributed by atoms with Gasteiger partial charge < -0.3 is 15.2 Å². The molecular weight excluding hydrogens is 361 g/mol. The van der Waals surface area contributed by atoms with Crippen LogP contribution in [0, 0.1) is 0 Å². The predicted octanol–water partition coefficient (Wildman–Crippen LogP) is 2.98. The van der Waals surface area contributed by atoms with E-state index in [-0.39, 0.29) is 24.5 Å². The topological polar surface area (TPSA) is 75.6 Å². The van der Waals surface area contributed by atoms with Crippen LogP contribution >= 0.6 is 35.0 Å². The Kier molecular flexibility index (Phi) is 6.59. The van der Waals surface area contributed by atoms with Crippen LogP contribution in [0.25, 0.3) is 0 Å². The van der Waals surface area contributed by atoms with E-state index in [2.05, 4.69) is 5.32 Å². The van der Waals surface area contributed by atoms with E-state index in [0.29, 0.717) is 29.0 Å². The van der Waals surface area contributed by atoms with Gasteiger partial charge in [0.25, 0.3) is 0 Å². The van der Waals surface area contributed by atoms with Gasteiger partial charge in [0.05, 0.1) is 5.75 Å². The second-order valence-electron chi connectivity index (χ2n) is 5.28. The Bertz CT molecular complexity index is 591. The largest absolute Gasteiger partial charge is 0.480 e. The van der Waals surface area contributed by atoms with Gasteiger partial charge in [0, 0.05) is 41.9 Å². The van der Waals surface area contributed by atoms with E-state index in [1.807, 2.05) is 6.07 Å². The molecule has 2 N–H and O–H groups in total. The van der Waals surface area contributed by atoms with Crippen molar-refractivity contribution in [2.45, 2.75) is 24.1 Å². The van der Waals surface area contributed by atoms with Gasteiger partial charge in [-0.05, 0) is 17.7 Å². The fourth-order valence-electron chi connectivity index (χ4n) is 2.31. The van der Waals surface area contributed by atoms with Gasteiger partial charge in [-0.25, -0.2) is 4.79 Å². The van der Waals surface area contributed by atoms with Crippen LogP contribution in [-0.4, -0.2) is 41.5 Å². The summed E-state index contributed by atoms with van der Waals surface area (Å²) < 4.78 is 5.17. The van der Waals surface area contributed by atoms with Gasteiger partial charge in [-0.1, -0.05) is 29.3 Å². The molecule has 0 aliphatic carbocycles. The highest BCUT2D eigenvalue weighted by Gasteiger charge is 2.41. The number of carbonyl (C=O) groups excluding carboxylic acids is 1. The first-order valence-corrected chi connectivity index (χ1v) is 8.98. The summed E-state index contributed by atoms with van der Waals surface area (Å²) in [6, 6.07) is 5.21. The molecule has 2 rings (SSSR count). The van der Waals surface area contributed by atoms with E-state index in [1.54, 1.807) is 12.1 Å². The molecule has 23 heavy (non-hydrogen) atoms. The summed E-state index contributed by atoms with van der Waals surface area (Å²) >= 11 is 13.3. The van der Waals surface area contributed by atoms with Gasteiger partial charge in [0.15, 0.2) is 0 Å². The third-order valence-corrected chi connectivity index (χ3v) is 5.21. The SMILES string of the molecule is O=C(CSCc1ccc(Cl)cc1Cl)NC1(C(=O)O)CCOCC1. The first kappa shape index (κ1) is 18.4. The number of carboxylic acids is 1. The number of halogens is 2. The Morgan fingerprint density at radius 2 is 2.00 bits per heavy atom. The second-order valence-corrected chi connectivity index (χ2v) is 7.11. The number of aliphatic carboxylic acids is 1. The van der Waals surface area contributed by atoms with Gasteiger partial charge >= 0.3 is 5.97 Å². The van der Waals surface area contributed by atoms with Crippen LogP contribution in [0.2, 0.25) is 10.0 Å². The van der Waals surface area contributed by atoms with Gasteiger partial charge in [0.2, 0.25) is 5.91 Å². The van der Waals surface area contributed by atoms with E-state index >= 15 is 0 Å². The zero-order valence-electron chi connectivity index (χ0n) is 12.3. The molecule has 1 aliphatic heterocycles. The summed E-state index contributed by atoms with van der Waals surface area (Å²) in [6.45, 7) is 0.667. The lowest BCUT2D eigenvalue weighted by Crippen LogP contribution is -2.57. The minimum atomic E-state index is -1.21. The minimum Gasteiger partial charge on any atom is -0.480 e. The van der Waals surface area contributed by atoms with E-state index < -0.39 is 11.5 Å². The number of amides is 1. The van der Waals surface area contributed by atoms with Crippen molar-refractivity contribution in [1.82, 2.24) is 5.32 Å². The van der Waals surface area contributed by atoms with Crippen LogP contribution in [0.1, 0.15) is 18.4 Å². The number of thioether (sulfide) groups is 1. The predicted molar refractivity (Wildman–Crippen MR) is 91.2 cm³/mol. The molecule has 0 spiro atoms. The molecular formula is C15H17Cl2NO4S. The zero-order valence-corrected chi connectivity index (χ0v) is 14.6. The number of hydrogen-bond donors (Lipinski definition) is 2. The summed E-state index contributed by atoms with van der Waals surface area (Å²) in [7, 11) is 0. The normalized spacial score (nSPS) is 16.8. The highest BCUT2D eigenvalue weighted by molar-refractivity contribution is 7.99. The molecule has 1 heterocycles. The standard InChI is InChI=1S/C15H17Cl2NO4S/c16-11-2-1-10(12(17)7-11)8-23-9-13(19)18-15(14(20)21)3-5-22-6-4-15/h1-2,7H,3-6,8-9H2,(H,18,19)(H,20,21). The first-order chi connectivity index (χ1) is 10.9. The number of carboxylic acid groups (broad SMARTS) is 1. The van der Waals surface area contributed by atoms with Crippen molar-refractivity contribution >= 4 is 46.8 Å². The molecule has 0 unspecified atom stereocenters. The maximum atomic E-state index is 12.1. The lowest BCUT2D eigenvalue weighted by atomic mass is 9.90. The average Bonchev–Trinajstić information content (AvgIpc) is 2.50. The van der Waals surface area contributed by atoms with Crippen LogP contribution in [-0.2, 0) is 20.1 Å². The maximum absolute atomic E-state index is 12.1. The van der Waals surface area contributed by atoms with Gasteiger partial charge in [-0.3, -0.25) is 4.79 Å². The Morgan fingerprint density at radius 1 is 1.30 bits per heavy atom. The molecule has 1 saturated heterocycles. The number of rotatable bonds is 6. The van der Waals surface area contributed by atoms with Gasteiger partial charge in [0.1, 0.15) is 5.54 Å². The maximum Gasteiger partial charge on any atom is 0.329 e. The second kappa shape index (κ2) is 8.24. The number of ether oxygens (including phenoxy) is 1. The quantitative estimate of drug-likeness (QED) is 0.796. The van der Waals surface area contributed by atoms with Crippen LogP contribution in [0.5, 0.6) is 0 Å². The van der Waals surface area contributed by atoms with E-state index in [1.165, 1.54) is 11.8 Å². The minimum absolute atomic E-state index is 0.162. The highest BCUT2D eigenvalue weighted by atomic mass is 35.5. The number of nitrogens with one attached hydrogen (secondary N) is 1. The highest BCUT2D eigenvalue weighted by Crippen LogP contribution is 2.25. The zero-order chi connectivity index (χ0) is 16.9. The number of carbonyl (C=O) groups is 2. The van der Waals surface area contributed by atoms with Crippen molar-refractivity contribution in [2.75, 3.05) is 19.0 Å². The number of benzene rings is 1. The lowest BCUT2D eigenvalue weighted by molar-refractivity contribution is -0.151. The van der Waals surface area contributed by atoms with Crippen molar-refractivity contribution < 1.29 is 19.4 Å². The van der Waals surface area contributed by atoms with E-state index in [0.717, 1.165) is 5.56 Å². The summed E-state index contributed by atoms with van der Waals surface area (Å²) in [4.78, 5) is 23.5. The van der Waals surface area contributed by atoms with Crippen molar-refractivity contribution in [1.29, 1.82) is 0 Å². The van der Waals surface area contributed by atoms with Crippen molar-refractivity contribution in [3.8, 4) is 0 Å². The first-order valence-electron chi connectivity index (χ1n) is 7.07. The third-order valence-electron chi connectivity index (χ3n) is 3.64. The Hall–Kier alpha value is -0.950. The van der Waals surface area contributed by atoms with Gasteiger partial charge in [-0.2, -0.15) is 0 Å². The van der Waals surface area contributed by atoms with Crippen LogP contribution in [0.15, 0.2) is 18.2 Å². The third kappa shape index (κ3) is 5.01. The smallest absolute Gasteiger partial charge is 0.329 e. The Balaban J connectivity index is 1.85. The molecule has 0 saturated carbocycles. The molecule has 1 aromatic carbocycles. The van der Waals surface area contributed by atoms with Gasteiger partial charge in [-0.15, -0.1) is 11.8 Å². The summed E-state index contributed by atoms with van der Waals surface area (Å²) in [5, 5.41) is 13.2. The fraction of sp³-hybridized carbons (Fsp3) is 0.467. The molecule has 0 atom stereocenters. The fourth-order valence-corrected chi connectivity index (χ4v) is 3.69. The van der Waals surface area contributed by atoms with E-state index in [9.17, 15) is 14.7 Å². The molecule has 1 aromatic rings. The molecule has 126 valence electrons. The molecule has 1 fully saturated rings. The van der Waals surface area contributed by atoms with Crippen molar-refractivity contribution in [2.24, 2.45) is 0 Å². The monoisotopic (exact) mass is 377 g/mol. The van der Waals surface area contributed by atoms with Crippen LogP contribution in [0.4, 0.5) is 0 Å². The Morgan fingerprint density at radius 3 is 2.61 bits per heavy atom. The van der Waals surface area contributed by atoms with Crippen molar-refractivity contribution in [3.63, 3.8) is 0 Å². The summed E-state index contributed by atoms with van der Waals surface area (Å²) in [5.41, 5.74) is -0.332. The van der Waals surface area contributed by atoms with E-state index in [4.69, 9.17) is 27.9 Å². The molecule has 0 aromatic heterocycles. The Labute approximate surface area is 148 Å². The molecule has 0 radical (unpaired) electrons. The average molecular weight is 378 g/mol. The molecule has 1 aliphatic rings. The van der Waals surface area contributed by atoms with Crippen LogP contribution < -0.4 is 5.32 Å². The summed E-state index contributed by atoms with van der Waals surface area (Å²) in [5.74, 6) is -0.606. The molecule has 1 amide bonds. The molecule has 8 heteroatoms. The van der Waals surface area contributed by atoms with Crippen LogP contribution in [0.3, 0.4) is 0 Å². The lowest BCUT2D eigenvalue weighted by Gasteiger charge is -2.33. The molecule has 0 bridgehead atoms.